The molecule has 0 spiro atoms. The molecule has 0 fully saturated rings. The van der Waals surface area contributed by atoms with Crippen molar-refractivity contribution in [3.05, 3.63) is 18.2 Å². The fourth-order valence-electron chi connectivity index (χ4n) is 1.66. The van der Waals surface area contributed by atoms with Crippen molar-refractivity contribution in [1.82, 2.24) is 4.98 Å². The number of benzene rings is 1. The van der Waals surface area contributed by atoms with Gasteiger partial charge in [-0.15, -0.1) is 0 Å². The molecule has 0 aliphatic heterocycles. The standard InChI is InChI=1S/C14H17BrN2O3S/c1-3-10(15)13(18)17-14-16-11-5-4-9(8-12(11)21-14)20-7-6-19-2/h4-5,8,10H,3,6-7H2,1-2H3,(H,16,17,18)/t10-/m1/s1. The number of aromatic nitrogens is 1. The number of hydrogen-bond donors (Lipinski definition) is 1. The maximum Gasteiger partial charge on any atom is 0.239 e. The molecule has 0 saturated heterocycles. The Labute approximate surface area is 135 Å². The van der Waals surface area contributed by atoms with Crippen LogP contribution >= 0.6 is 27.3 Å². The predicted molar refractivity (Wildman–Crippen MR) is 88.6 cm³/mol. The normalized spacial score (nSPS) is 12.3. The number of carbonyl (C=O) groups is 1. The van der Waals surface area contributed by atoms with Crippen molar-refractivity contribution >= 4 is 48.5 Å². The molecule has 0 aliphatic rings. The topological polar surface area (TPSA) is 60.5 Å². The lowest BCUT2D eigenvalue weighted by Gasteiger charge is -2.04. The molecule has 7 heteroatoms. The van der Waals surface area contributed by atoms with E-state index < -0.39 is 0 Å². The molecule has 1 amide bonds. The molecule has 21 heavy (non-hydrogen) atoms. The number of carbonyl (C=O) groups excluding carboxylic acids is 1. The van der Waals surface area contributed by atoms with E-state index >= 15 is 0 Å². The van der Waals surface area contributed by atoms with Crippen molar-refractivity contribution in [3.8, 4) is 5.75 Å². The van der Waals surface area contributed by atoms with Crippen LogP contribution in [0.15, 0.2) is 18.2 Å². The first-order valence-electron chi connectivity index (χ1n) is 6.61. The molecule has 114 valence electrons. The highest BCUT2D eigenvalue weighted by Gasteiger charge is 2.14. The maximum absolute atomic E-state index is 11.8. The first-order chi connectivity index (χ1) is 10.1. The molecule has 1 atom stereocenters. The fraction of sp³-hybridized carbons (Fsp3) is 0.429. The van der Waals surface area contributed by atoms with Crippen molar-refractivity contribution < 1.29 is 14.3 Å². The summed E-state index contributed by atoms with van der Waals surface area (Å²) in [6.45, 7) is 3.00. The molecule has 1 aromatic heterocycles. The SMILES string of the molecule is CC[C@@H](Br)C(=O)Nc1nc2ccc(OCCOC)cc2s1. The lowest BCUT2D eigenvalue weighted by atomic mass is 10.3. The third-order valence-corrected chi connectivity index (χ3v) is 4.79. The van der Waals surface area contributed by atoms with Crippen molar-refractivity contribution in [2.45, 2.75) is 18.2 Å². The Balaban J connectivity index is 2.08. The first kappa shape index (κ1) is 16.2. The number of alkyl halides is 1. The van der Waals surface area contributed by atoms with E-state index in [0.717, 1.165) is 22.4 Å². The minimum Gasteiger partial charge on any atom is -0.491 e. The van der Waals surface area contributed by atoms with Crippen LogP contribution in [0.2, 0.25) is 0 Å². The van der Waals surface area contributed by atoms with Crippen LogP contribution in [0.3, 0.4) is 0 Å². The Hall–Kier alpha value is -1.18. The second kappa shape index (κ2) is 7.72. The Morgan fingerprint density at radius 1 is 1.48 bits per heavy atom. The van der Waals surface area contributed by atoms with E-state index in [4.69, 9.17) is 9.47 Å². The minimum absolute atomic E-state index is 0.0758. The molecule has 1 heterocycles. The van der Waals surface area contributed by atoms with Crippen LogP contribution in [-0.2, 0) is 9.53 Å². The number of amides is 1. The third-order valence-electron chi connectivity index (χ3n) is 2.79. The number of anilines is 1. The number of fused-ring (bicyclic) bond motifs is 1. The largest absolute Gasteiger partial charge is 0.491 e. The first-order valence-corrected chi connectivity index (χ1v) is 8.34. The molecule has 5 nitrogen and oxygen atoms in total. The maximum atomic E-state index is 11.8. The van der Waals surface area contributed by atoms with Gasteiger partial charge in [-0.1, -0.05) is 34.2 Å². The summed E-state index contributed by atoms with van der Waals surface area (Å²) in [4.78, 5) is 16.0. The highest BCUT2D eigenvalue weighted by Crippen LogP contribution is 2.29. The van der Waals surface area contributed by atoms with Crippen molar-refractivity contribution in [2.24, 2.45) is 0 Å². The predicted octanol–water partition coefficient (Wildman–Crippen LogP) is 3.43. The average Bonchev–Trinajstić information content (AvgIpc) is 2.88. The van der Waals surface area contributed by atoms with E-state index in [1.807, 2.05) is 25.1 Å². The average molecular weight is 373 g/mol. The van der Waals surface area contributed by atoms with Crippen molar-refractivity contribution in [2.75, 3.05) is 25.6 Å². The number of nitrogens with zero attached hydrogens (tertiary/aromatic N) is 1. The summed E-state index contributed by atoms with van der Waals surface area (Å²) >= 11 is 4.76. The zero-order chi connectivity index (χ0) is 15.2. The van der Waals surface area contributed by atoms with Crippen LogP contribution < -0.4 is 10.1 Å². The molecule has 2 aromatic rings. The van der Waals surface area contributed by atoms with Crippen LogP contribution in [0.1, 0.15) is 13.3 Å². The van der Waals surface area contributed by atoms with Crippen LogP contribution in [0.4, 0.5) is 5.13 Å². The van der Waals surface area contributed by atoms with Gasteiger partial charge in [0.25, 0.3) is 0 Å². The van der Waals surface area contributed by atoms with Gasteiger partial charge in [-0.2, -0.15) is 0 Å². The van der Waals surface area contributed by atoms with Gasteiger partial charge in [0.15, 0.2) is 5.13 Å². The Morgan fingerprint density at radius 3 is 3.00 bits per heavy atom. The molecule has 1 N–H and O–H groups in total. The number of rotatable bonds is 7. The molecule has 1 aromatic carbocycles. The second-order valence-corrected chi connectivity index (χ2v) is 6.49. The minimum atomic E-state index is -0.197. The molecule has 0 saturated carbocycles. The molecule has 2 rings (SSSR count). The molecule has 0 radical (unpaired) electrons. The van der Waals surface area contributed by atoms with Crippen molar-refractivity contribution in [1.29, 1.82) is 0 Å². The summed E-state index contributed by atoms with van der Waals surface area (Å²) in [6, 6.07) is 5.67. The quantitative estimate of drug-likeness (QED) is 0.597. The van der Waals surface area contributed by atoms with E-state index in [1.165, 1.54) is 11.3 Å². The Kier molecular flexibility index (Phi) is 5.96. The van der Waals surface area contributed by atoms with Gasteiger partial charge in [0.05, 0.1) is 21.7 Å². The van der Waals surface area contributed by atoms with Gasteiger partial charge in [-0.05, 0) is 24.6 Å². The number of ether oxygens (including phenoxy) is 2. The third kappa shape index (κ3) is 4.39. The van der Waals surface area contributed by atoms with Gasteiger partial charge in [0.1, 0.15) is 12.4 Å². The highest BCUT2D eigenvalue weighted by molar-refractivity contribution is 9.10. The zero-order valence-electron chi connectivity index (χ0n) is 11.9. The molecule has 0 aliphatic carbocycles. The summed E-state index contributed by atoms with van der Waals surface area (Å²) in [5.74, 6) is 0.695. The Bertz CT molecular complexity index is 617. The summed E-state index contributed by atoms with van der Waals surface area (Å²) in [7, 11) is 1.64. The smallest absolute Gasteiger partial charge is 0.239 e. The van der Waals surface area contributed by atoms with Crippen molar-refractivity contribution in [3.63, 3.8) is 0 Å². The van der Waals surface area contributed by atoms with E-state index in [2.05, 4.69) is 26.2 Å². The number of hydrogen-bond acceptors (Lipinski definition) is 5. The summed E-state index contributed by atoms with van der Waals surface area (Å²) in [5, 5.41) is 3.41. The van der Waals surface area contributed by atoms with Crippen LogP contribution in [0.25, 0.3) is 10.2 Å². The van der Waals surface area contributed by atoms with Gasteiger partial charge in [0.2, 0.25) is 5.91 Å². The lowest BCUT2D eigenvalue weighted by Crippen LogP contribution is -2.21. The van der Waals surface area contributed by atoms with Gasteiger partial charge >= 0.3 is 0 Å². The molecule has 0 unspecified atom stereocenters. The number of thiazole rings is 1. The Morgan fingerprint density at radius 2 is 2.29 bits per heavy atom. The van der Waals surface area contributed by atoms with E-state index in [9.17, 15) is 4.79 Å². The van der Waals surface area contributed by atoms with Crippen LogP contribution in [0, 0.1) is 0 Å². The lowest BCUT2D eigenvalue weighted by molar-refractivity contribution is -0.115. The molecular weight excluding hydrogens is 356 g/mol. The monoisotopic (exact) mass is 372 g/mol. The van der Waals surface area contributed by atoms with Gasteiger partial charge < -0.3 is 14.8 Å². The number of nitrogens with one attached hydrogen (secondary N) is 1. The number of methoxy groups -OCH3 is 1. The summed E-state index contributed by atoms with van der Waals surface area (Å²) in [5.41, 5.74) is 0.844. The van der Waals surface area contributed by atoms with Crippen LogP contribution in [-0.4, -0.2) is 36.0 Å². The summed E-state index contributed by atoms with van der Waals surface area (Å²) in [6.07, 6.45) is 0.730. The van der Waals surface area contributed by atoms with Gasteiger partial charge in [-0.25, -0.2) is 4.98 Å². The fourth-order valence-corrected chi connectivity index (χ4v) is 2.67. The van der Waals surface area contributed by atoms with Gasteiger partial charge in [0, 0.05) is 7.11 Å². The van der Waals surface area contributed by atoms with E-state index in [-0.39, 0.29) is 10.7 Å². The summed E-state index contributed by atoms with van der Waals surface area (Å²) < 4.78 is 11.5. The molecule has 0 bridgehead atoms. The zero-order valence-corrected chi connectivity index (χ0v) is 14.3. The van der Waals surface area contributed by atoms with E-state index in [0.29, 0.717) is 18.3 Å². The highest BCUT2D eigenvalue weighted by atomic mass is 79.9. The van der Waals surface area contributed by atoms with E-state index in [1.54, 1.807) is 7.11 Å². The van der Waals surface area contributed by atoms with Crippen LogP contribution in [0.5, 0.6) is 5.75 Å². The number of halogens is 1. The molecular formula is C14H17BrN2O3S. The second-order valence-electron chi connectivity index (χ2n) is 4.35. The van der Waals surface area contributed by atoms with Gasteiger partial charge in [-0.3, -0.25) is 4.79 Å².